The Balaban J connectivity index is 0.000000400. The Morgan fingerprint density at radius 1 is 0.640 bits per heavy atom. The summed E-state index contributed by atoms with van der Waals surface area (Å²) < 4.78 is 0. The van der Waals surface area contributed by atoms with E-state index >= 15 is 0 Å². The molecule has 4 rings (SSSR count). The molecule has 0 amide bonds. The van der Waals surface area contributed by atoms with Gasteiger partial charge < -0.3 is 0 Å². The summed E-state index contributed by atoms with van der Waals surface area (Å²) in [6.07, 6.45) is 20.0. The summed E-state index contributed by atoms with van der Waals surface area (Å²) >= 11 is 0. The first kappa shape index (κ1) is 24.0. The van der Waals surface area contributed by atoms with Crippen LogP contribution in [-0.2, 0) is 37.5 Å². The Kier molecular flexibility index (Phi) is 15.8. The fourth-order valence-corrected chi connectivity index (χ4v) is 2.94. The fraction of sp³-hybridized carbons (Fsp3) is 0.0909. The van der Waals surface area contributed by atoms with Gasteiger partial charge in [-0.3, -0.25) is 12.2 Å². The van der Waals surface area contributed by atoms with Gasteiger partial charge in [-0.05, 0) is 10.6 Å². The van der Waals surface area contributed by atoms with Gasteiger partial charge >= 0.3 is 20.4 Å². The number of hydrogen-bond acceptors (Lipinski definition) is 0. The third-order valence-corrected chi connectivity index (χ3v) is 4.25. The molecule has 0 spiro atoms. The Labute approximate surface area is 178 Å². The first-order valence-electron chi connectivity index (χ1n) is 7.76. The summed E-state index contributed by atoms with van der Waals surface area (Å²) in [6, 6.07) is 21.2. The van der Waals surface area contributed by atoms with Gasteiger partial charge in [0.1, 0.15) is 0 Å². The van der Waals surface area contributed by atoms with Crippen molar-refractivity contribution in [3.8, 4) is 0 Å². The molecule has 0 N–H and O–H groups in total. The summed E-state index contributed by atoms with van der Waals surface area (Å²) in [5.41, 5.74) is 0. The molecular weight excluding hydrogens is 457 g/mol. The smallest absolute Gasteiger partial charge is 0.273 e. The molecule has 2 aliphatic rings. The van der Waals surface area contributed by atoms with Gasteiger partial charge in [0.15, 0.2) is 0 Å². The van der Waals surface area contributed by atoms with Crippen LogP contribution in [0.3, 0.4) is 0 Å². The molecule has 0 bridgehead atoms. The van der Waals surface area contributed by atoms with Crippen molar-refractivity contribution in [2.75, 3.05) is 0 Å². The molecule has 0 unspecified atom stereocenters. The molecule has 0 aromatic heterocycles. The minimum absolute atomic E-state index is 0. The van der Waals surface area contributed by atoms with Gasteiger partial charge in [-0.2, -0.15) is 12.2 Å². The van der Waals surface area contributed by atoms with Crippen LogP contribution in [0.15, 0.2) is 97.1 Å². The molecule has 0 aliphatic heterocycles. The van der Waals surface area contributed by atoms with E-state index in [-0.39, 0.29) is 37.5 Å². The molecule has 25 heavy (non-hydrogen) atoms. The zero-order chi connectivity index (χ0) is 16.0. The predicted octanol–water partition coefficient (Wildman–Crippen LogP) is 4.92. The maximum Gasteiger partial charge on any atom is 2.00 e. The molecule has 0 atom stereocenters. The first-order valence-corrected chi connectivity index (χ1v) is 8.76. The van der Waals surface area contributed by atoms with E-state index in [4.69, 9.17) is 0 Å². The van der Waals surface area contributed by atoms with Crippen LogP contribution in [0.1, 0.15) is 12.8 Å². The normalized spacial score (nSPS) is 12.2. The van der Waals surface area contributed by atoms with Crippen LogP contribution < -0.4 is 10.6 Å². The Bertz CT molecular complexity index is 581. The summed E-state index contributed by atoms with van der Waals surface area (Å²) in [6.45, 7) is 0. The van der Waals surface area contributed by atoms with Crippen LogP contribution in [0.25, 0.3) is 0 Å². The van der Waals surface area contributed by atoms with Crippen molar-refractivity contribution in [3.05, 3.63) is 109 Å². The van der Waals surface area contributed by atoms with Gasteiger partial charge in [0, 0.05) is 17.1 Å². The van der Waals surface area contributed by atoms with Crippen molar-refractivity contribution in [1.82, 2.24) is 0 Å². The molecule has 2 aromatic rings. The van der Waals surface area contributed by atoms with Crippen molar-refractivity contribution >= 4 is 19.2 Å². The van der Waals surface area contributed by atoms with Crippen molar-refractivity contribution in [3.63, 3.8) is 0 Å². The zero-order valence-electron chi connectivity index (χ0n) is 13.8. The number of rotatable bonds is 2. The maximum atomic E-state index is 2.99. The van der Waals surface area contributed by atoms with Crippen LogP contribution in [-0.4, -0.2) is 0 Å². The average Bonchev–Trinajstić information content (AvgIpc) is 3.35. The molecule has 2 aromatic carbocycles. The molecule has 0 saturated carbocycles. The van der Waals surface area contributed by atoms with Crippen molar-refractivity contribution in [2.45, 2.75) is 12.8 Å². The second kappa shape index (κ2) is 16.5. The first-order chi connectivity index (χ1) is 11.4. The number of hydrogen-bond donors (Lipinski definition) is 0. The van der Waals surface area contributed by atoms with Gasteiger partial charge in [0.05, 0.1) is 0 Å². The second-order valence-corrected chi connectivity index (χ2v) is 6.27. The zero-order valence-corrected chi connectivity index (χ0v) is 17.5. The van der Waals surface area contributed by atoms with Crippen LogP contribution in [0.5, 0.6) is 0 Å². The Hall–Kier alpha value is -0.988. The van der Waals surface area contributed by atoms with Crippen LogP contribution >= 0.6 is 8.58 Å². The van der Waals surface area contributed by atoms with Crippen molar-refractivity contribution < 1.29 is 37.5 Å². The molecule has 0 heterocycles. The number of allylic oxidation sites excluding steroid dienone is 8. The quantitative estimate of drug-likeness (QED) is 0.327. The monoisotopic (exact) mass is 478 g/mol. The average molecular weight is 479 g/mol. The summed E-state index contributed by atoms with van der Waals surface area (Å²) in [4.78, 5) is 0. The molecule has 3 heteroatoms. The van der Waals surface area contributed by atoms with Crippen molar-refractivity contribution in [2.24, 2.45) is 0 Å². The number of benzene rings is 2. The van der Waals surface area contributed by atoms with Gasteiger partial charge in [0.25, 0.3) is 0 Å². The van der Waals surface area contributed by atoms with E-state index in [9.17, 15) is 0 Å². The van der Waals surface area contributed by atoms with E-state index in [0.29, 0.717) is 0 Å². The third-order valence-electron chi connectivity index (χ3n) is 3.01. The van der Waals surface area contributed by atoms with Crippen LogP contribution in [0, 0.1) is 12.2 Å². The predicted molar refractivity (Wildman–Crippen MR) is 104 cm³/mol. The molecule has 0 saturated heterocycles. The molecule has 0 fully saturated rings. The topological polar surface area (TPSA) is 0 Å². The van der Waals surface area contributed by atoms with Crippen LogP contribution in [0.2, 0.25) is 0 Å². The molecular formula is C22H21FePPd. The molecule has 132 valence electrons. The second-order valence-electron chi connectivity index (χ2n) is 4.86. The molecule has 0 nitrogen and oxygen atoms in total. The molecule has 0 radical (unpaired) electrons. The van der Waals surface area contributed by atoms with Gasteiger partial charge in [-0.15, -0.1) is 12.8 Å². The van der Waals surface area contributed by atoms with E-state index in [0.717, 1.165) is 21.4 Å². The maximum absolute atomic E-state index is 2.99. The largest absolute Gasteiger partial charge is 2.00 e. The SMILES string of the molecule is [C-]1=CC=CC1.[C-]1=CC=CC1.[Fe].[Pd+2].c1ccc(Pc2ccccc2)cc1. The minimum Gasteiger partial charge on any atom is -0.273 e. The van der Waals surface area contributed by atoms with E-state index < -0.39 is 0 Å². The summed E-state index contributed by atoms with van der Waals surface area (Å²) in [5.74, 6) is 0. The van der Waals surface area contributed by atoms with E-state index in [2.05, 4.69) is 85.0 Å². The minimum atomic E-state index is 0. The Morgan fingerprint density at radius 3 is 1.28 bits per heavy atom. The Morgan fingerprint density at radius 2 is 1.04 bits per heavy atom. The van der Waals surface area contributed by atoms with E-state index in [1.54, 1.807) is 0 Å². The summed E-state index contributed by atoms with van der Waals surface area (Å²) in [5, 5.41) is 2.79. The van der Waals surface area contributed by atoms with Gasteiger partial charge in [-0.25, -0.2) is 24.3 Å². The van der Waals surface area contributed by atoms with E-state index in [1.165, 1.54) is 10.6 Å². The van der Waals surface area contributed by atoms with Gasteiger partial charge in [-0.1, -0.05) is 69.2 Å². The van der Waals surface area contributed by atoms with Gasteiger partial charge in [0.2, 0.25) is 0 Å². The summed E-state index contributed by atoms with van der Waals surface area (Å²) in [7, 11) is 0.777. The standard InChI is InChI=1S/C12H11P.2C5H5.Fe.Pd/c1-3-7-11(8-4-1)13-12-9-5-2-6-10-12;2*1-2-4-5-3-1;;/h1-10,13H;2*1-3H,4H2;;/q;2*-1;;+2. The van der Waals surface area contributed by atoms with E-state index in [1.807, 2.05) is 24.3 Å². The van der Waals surface area contributed by atoms with Crippen LogP contribution in [0.4, 0.5) is 0 Å². The molecule has 2 aliphatic carbocycles. The third kappa shape index (κ3) is 12.1. The van der Waals surface area contributed by atoms with Crippen molar-refractivity contribution in [1.29, 1.82) is 0 Å². The fourth-order valence-electron chi connectivity index (χ4n) is 1.89.